The van der Waals surface area contributed by atoms with Crippen LogP contribution in [-0.2, 0) is 10.2 Å². The normalized spacial score (nSPS) is 29.5. The molecule has 0 N–H and O–H groups in total. The van der Waals surface area contributed by atoms with Gasteiger partial charge in [-0.1, -0.05) is 38.3 Å². The molecule has 0 aromatic heterocycles. The molecule has 1 heterocycles. The second-order valence-corrected chi connectivity index (χ2v) is 6.66. The smallest absolute Gasteiger partial charge is 0.123 e. The van der Waals surface area contributed by atoms with Crippen LogP contribution < -0.4 is 0 Å². The van der Waals surface area contributed by atoms with Crippen LogP contribution in [0.15, 0.2) is 24.3 Å². The van der Waals surface area contributed by atoms with E-state index in [1.807, 2.05) is 12.1 Å². The van der Waals surface area contributed by atoms with E-state index in [1.165, 1.54) is 37.7 Å². The average Bonchev–Trinajstić information content (AvgIpc) is 2.48. The first-order chi connectivity index (χ1) is 9.68. The Labute approximate surface area is 121 Å². The van der Waals surface area contributed by atoms with Crippen molar-refractivity contribution in [1.29, 1.82) is 0 Å². The highest BCUT2D eigenvalue weighted by Gasteiger charge is 2.46. The molecule has 20 heavy (non-hydrogen) atoms. The van der Waals surface area contributed by atoms with Crippen molar-refractivity contribution >= 4 is 0 Å². The summed E-state index contributed by atoms with van der Waals surface area (Å²) in [5, 5.41) is 0. The van der Waals surface area contributed by atoms with Gasteiger partial charge in [0.05, 0.1) is 5.60 Å². The van der Waals surface area contributed by atoms with E-state index >= 15 is 0 Å². The fourth-order valence-corrected chi connectivity index (χ4v) is 4.29. The minimum atomic E-state index is -0.139. The maximum atomic E-state index is 13.2. The fourth-order valence-electron chi connectivity index (χ4n) is 4.29. The van der Waals surface area contributed by atoms with Crippen molar-refractivity contribution in [3.8, 4) is 0 Å². The van der Waals surface area contributed by atoms with Gasteiger partial charge in [-0.15, -0.1) is 0 Å². The largest absolute Gasteiger partial charge is 0.375 e. The molecule has 2 fully saturated rings. The summed E-state index contributed by atoms with van der Waals surface area (Å²) >= 11 is 0. The molecule has 1 saturated carbocycles. The van der Waals surface area contributed by atoms with Gasteiger partial charge in [-0.2, -0.15) is 0 Å². The standard InChI is InChI=1S/C18H25FO/c1-2-17(15-6-8-16(19)9-7-15)12-13-20-18(14-17)10-4-3-5-11-18/h6-9H,2-5,10-14H2,1H3. The van der Waals surface area contributed by atoms with E-state index in [9.17, 15) is 4.39 Å². The van der Waals surface area contributed by atoms with Crippen LogP contribution in [0.3, 0.4) is 0 Å². The summed E-state index contributed by atoms with van der Waals surface area (Å²) < 4.78 is 19.4. The Kier molecular flexibility index (Phi) is 3.85. The van der Waals surface area contributed by atoms with Gasteiger partial charge in [0.25, 0.3) is 0 Å². The van der Waals surface area contributed by atoms with Crippen LogP contribution in [0.1, 0.15) is 63.9 Å². The highest BCUT2D eigenvalue weighted by Crippen LogP contribution is 2.49. The van der Waals surface area contributed by atoms with Crippen LogP contribution in [0.2, 0.25) is 0 Å². The number of benzene rings is 1. The zero-order chi connectivity index (χ0) is 14.1. The van der Waals surface area contributed by atoms with E-state index in [-0.39, 0.29) is 16.8 Å². The fraction of sp³-hybridized carbons (Fsp3) is 0.667. The van der Waals surface area contributed by atoms with Gasteiger partial charge in [-0.25, -0.2) is 4.39 Å². The highest BCUT2D eigenvalue weighted by atomic mass is 19.1. The van der Waals surface area contributed by atoms with Crippen LogP contribution in [0, 0.1) is 5.82 Å². The van der Waals surface area contributed by atoms with Gasteiger partial charge in [0, 0.05) is 6.61 Å². The van der Waals surface area contributed by atoms with E-state index in [0.717, 1.165) is 25.9 Å². The van der Waals surface area contributed by atoms with Crippen molar-refractivity contribution in [1.82, 2.24) is 0 Å². The summed E-state index contributed by atoms with van der Waals surface area (Å²) in [7, 11) is 0. The van der Waals surface area contributed by atoms with Crippen LogP contribution in [0.5, 0.6) is 0 Å². The lowest BCUT2D eigenvalue weighted by Crippen LogP contribution is -2.48. The topological polar surface area (TPSA) is 9.23 Å². The molecule has 1 aliphatic carbocycles. The summed E-state index contributed by atoms with van der Waals surface area (Å²) in [6, 6.07) is 7.19. The Hall–Kier alpha value is -0.890. The minimum absolute atomic E-state index is 0.0981. The van der Waals surface area contributed by atoms with E-state index in [2.05, 4.69) is 6.92 Å². The van der Waals surface area contributed by atoms with Gasteiger partial charge in [0.2, 0.25) is 0 Å². The molecule has 2 heteroatoms. The summed E-state index contributed by atoms with van der Waals surface area (Å²) in [5.41, 5.74) is 1.58. The van der Waals surface area contributed by atoms with Gasteiger partial charge in [-0.05, 0) is 55.2 Å². The Morgan fingerprint density at radius 3 is 2.40 bits per heavy atom. The van der Waals surface area contributed by atoms with Crippen LogP contribution >= 0.6 is 0 Å². The van der Waals surface area contributed by atoms with Crippen molar-refractivity contribution in [2.75, 3.05) is 6.61 Å². The molecule has 0 bridgehead atoms. The predicted octanol–water partition coefficient (Wildman–Crippen LogP) is 4.99. The summed E-state index contributed by atoms with van der Waals surface area (Å²) in [4.78, 5) is 0. The Balaban J connectivity index is 1.89. The number of ether oxygens (including phenoxy) is 1. The molecule has 2 aliphatic rings. The number of hydrogen-bond donors (Lipinski definition) is 0. The molecule has 0 amide bonds. The molecule has 110 valence electrons. The molecular weight excluding hydrogens is 251 g/mol. The maximum absolute atomic E-state index is 13.2. The molecule has 1 unspecified atom stereocenters. The molecule has 1 aromatic rings. The monoisotopic (exact) mass is 276 g/mol. The molecule has 3 rings (SSSR count). The van der Waals surface area contributed by atoms with Gasteiger partial charge in [0.1, 0.15) is 5.82 Å². The predicted molar refractivity (Wildman–Crippen MR) is 79.4 cm³/mol. The third-order valence-corrected chi connectivity index (χ3v) is 5.55. The van der Waals surface area contributed by atoms with Gasteiger partial charge < -0.3 is 4.74 Å². The first kappa shape index (κ1) is 14.1. The van der Waals surface area contributed by atoms with E-state index in [1.54, 1.807) is 12.1 Å². The quantitative estimate of drug-likeness (QED) is 0.739. The van der Waals surface area contributed by atoms with Gasteiger partial charge in [-0.3, -0.25) is 0 Å². The van der Waals surface area contributed by atoms with E-state index < -0.39 is 0 Å². The Morgan fingerprint density at radius 2 is 1.75 bits per heavy atom. The van der Waals surface area contributed by atoms with Crippen LogP contribution in [0.4, 0.5) is 4.39 Å². The minimum Gasteiger partial charge on any atom is -0.375 e. The molecule has 0 radical (unpaired) electrons. The third-order valence-electron chi connectivity index (χ3n) is 5.55. The molecule has 1 saturated heterocycles. The summed E-state index contributed by atoms with van der Waals surface area (Å²) in [6.45, 7) is 3.12. The van der Waals surface area contributed by atoms with Gasteiger partial charge in [0.15, 0.2) is 0 Å². The van der Waals surface area contributed by atoms with Crippen molar-refractivity contribution in [2.45, 2.75) is 69.3 Å². The first-order valence-electron chi connectivity index (χ1n) is 8.08. The number of rotatable bonds is 2. The molecule has 1 atom stereocenters. The van der Waals surface area contributed by atoms with Crippen LogP contribution in [-0.4, -0.2) is 12.2 Å². The molecule has 1 aromatic carbocycles. The molecular formula is C18H25FO. The Morgan fingerprint density at radius 1 is 1.05 bits per heavy atom. The number of halogens is 1. The van der Waals surface area contributed by atoms with Crippen molar-refractivity contribution in [3.63, 3.8) is 0 Å². The van der Waals surface area contributed by atoms with Crippen LogP contribution in [0.25, 0.3) is 0 Å². The third kappa shape index (κ3) is 2.50. The Bertz CT molecular complexity index is 441. The van der Waals surface area contributed by atoms with E-state index in [0.29, 0.717) is 0 Å². The van der Waals surface area contributed by atoms with E-state index in [4.69, 9.17) is 4.74 Å². The van der Waals surface area contributed by atoms with Crippen molar-refractivity contribution in [2.24, 2.45) is 0 Å². The second-order valence-electron chi connectivity index (χ2n) is 6.66. The summed E-state index contributed by atoms with van der Waals surface area (Å²) in [6.07, 6.45) is 9.64. The highest BCUT2D eigenvalue weighted by molar-refractivity contribution is 5.27. The summed E-state index contributed by atoms with van der Waals surface area (Å²) in [5.74, 6) is -0.139. The molecule has 1 spiro atoms. The zero-order valence-electron chi connectivity index (χ0n) is 12.5. The maximum Gasteiger partial charge on any atom is 0.123 e. The molecule has 1 aliphatic heterocycles. The lowest BCUT2D eigenvalue weighted by molar-refractivity contribution is -0.126. The van der Waals surface area contributed by atoms with Crippen molar-refractivity contribution < 1.29 is 9.13 Å². The average molecular weight is 276 g/mol. The van der Waals surface area contributed by atoms with Crippen molar-refractivity contribution in [3.05, 3.63) is 35.6 Å². The number of hydrogen-bond acceptors (Lipinski definition) is 1. The second kappa shape index (κ2) is 5.48. The lowest BCUT2D eigenvalue weighted by atomic mass is 9.64. The molecule has 1 nitrogen and oxygen atoms in total. The zero-order valence-corrected chi connectivity index (χ0v) is 12.5. The first-order valence-corrected chi connectivity index (χ1v) is 8.08. The lowest BCUT2D eigenvalue weighted by Gasteiger charge is -2.50. The van der Waals surface area contributed by atoms with Gasteiger partial charge >= 0.3 is 0 Å². The SMILES string of the molecule is CCC1(c2ccc(F)cc2)CCOC2(CCCCC2)C1.